The quantitative estimate of drug-likeness (QED) is 0.790. The van der Waals surface area contributed by atoms with Crippen LogP contribution in [-0.2, 0) is 6.42 Å². The molecule has 0 amide bonds. The number of pyridine rings is 2. The van der Waals surface area contributed by atoms with Gasteiger partial charge in [0.2, 0.25) is 0 Å². The van der Waals surface area contributed by atoms with Crippen LogP contribution >= 0.6 is 0 Å². The predicted octanol–water partition coefficient (Wildman–Crippen LogP) is 3.21. The molecule has 0 bridgehead atoms. The van der Waals surface area contributed by atoms with Gasteiger partial charge >= 0.3 is 0 Å². The van der Waals surface area contributed by atoms with Crippen LogP contribution in [0.1, 0.15) is 22.9 Å². The molecule has 0 saturated heterocycles. The number of aryl methyl sites for hydroxylation is 1. The average molecular weight is 264 g/mol. The zero-order valence-corrected chi connectivity index (χ0v) is 11.3. The molecule has 3 aromatic rings. The molecule has 100 valence electrons. The highest BCUT2D eigenvalue weighted by molar-refractivity contribution is 5.81. The minimum atomic E-state index is -0.597. The van der Waals surface area contributed by atoms with E-state index >= 15 is 0 Å². The second kappa shape index (κ2) is 5.39. The largest absolute Gasteiger partial charge is 0.386 e. The molecule has 0 fully saturated rings. The molecule has 0 spiro atoms. The fourth-order valence-corrected chi connectivity index (χ4v) is 2.39. The second-order valence-corrected chi connectivity index (χ2v) is 4.97. The van der Waals surface area contributed by atoms with Gasteiger partial charge in [-0.3, -0.25) is 9.97 Å². The van der Waals surface area contributed by atoms with Crippen LogP contribution in [0.5, 0.6) is 0 Å². The Kier molecular flexibility index (Phi) is 3.44. The van der Waals surface area contributed by atoms with E-state index in [0.717, 1.165) is 22.0 Å². The summed E-state index contributed by atoms with van der Waals surface area (Å²) in [6.45, 7) is 2.00. The highest BCUT2D eigenvalue weighted by Crippen LogP contribution is 2.22. The van der Waals surface area contributed by atoms with Gasteiger partial charge in [0.1, 0.15) is 0 Å². The van der Waals surface area contributed by atoms with Gasteiger partial charge in [-0.2, -0.15) is 0 Å². The smallest absolute Gasteiger partial charge is 0.1000 e. The Bertz CT molecular complexity index is 734. The van der Waals surface area contributed by atoms with E-state index in [4.69, 9.17) is 0 Å². The number of benzene rings is 1. The molecule has 20 heavy (non-hydrogen) atoms. The van der Waals surface area contributed by atoms with E-state index in [0.29, 0.717) is 12.1 Å². The lowest BCUT2D eigenvalue weighted by atomic mass is 10.0. The highest BCUT2D eigenvalue weighted by atomic mass is 16.3. The third-order valence-electron chi connectivity index (χ3n) is 3.43. The average Bonchev–Trinajstić information content (AvgIpc) is 2.47. The van der Waals surface area contributed by atoms with Crippen molar-refractivity contribution < 1.29 is 5.11 Å². The van der Waals surface area contributed by atoms with Crippen molar-refractivity contribution in [3.8, 4) is 0 Å². The second-order valence-electron chi connectivity index (χ2n) is 4.97. The van der Waals surface area contributed by atoms with E-state index in [2.05, 4.69) is 9.97 Å². The summed E-state index contributed by atoms with van der Waals surface area (Å²) in [6.07, 6.45) is 3.47. The molecule has 0 radical (unpaired) electrons. The third-order valence-corrected chi connectivity index (χ3v) is 3.43. The van der Waals surface area contributed by atoms with Gasteiger partial charge in [-0.25, -0.2) is 0 Å². The summed E-state index contributed by atoms with van der Waals surface area (Å²) < 4.78 is 0. The summed E-state index contributed by atoms with van der Waals surface area (Å²) in [5, 5.41) is 11.5. The Morgan fingerprint density at radius 1 is 1.05 bits per heavy atom. The van der Waals surface area contributed by atoms with Crippen LogP contribution in [0.4, 0.5) is 0 Å². The zero-order valence-electron chi connectivity index (χ0n) is 11.3. The molecule has 3 rings (SSSR count). The summed E-state index contributed by atoms with van der Waals surface area (Å²) in [5.74, 6) is 0. The molecular weight excluding hydrogens is 248 g/mol. The first-order valence-corrected chi connectivity index (χ1v) is 6.67. The Hall–Kier alpha value is -2.26. The summed E-state index contributed by atoms with van der Waals surface area (Å²) >= 11 is 0. The standard InChI is InChI=1S/C17H16N2O/c1-12-6-8-19-16(10-12)17(20)11-13-7-9-18-15-5-3-2-4-14(13)15/h2-10,17,20H,11H2,1H3. The molecule has 0 aliphatic rings. The fourth-order valence-electron chi connectivity index (χ4n) is 2.39. The van der Waals surface area contributed by atoms with Crippen molar-refractivity contribution in [3.05, 3.63) is 71.7 Å². The summed E-state index contributed by atoms with van der Waals surface area (Å²) in [7, 11) is 0. The maximum atomic E-state index is 10.4. The lowest BCUT2D eigenvalue weighted by Gasteiger charge is -2.12. The van der Waals surface area contributed by atoms with Gasteiger partial charge in [0, 0.05) is 24.2 Å². The van der Waals surface area contributed by atoms with E-state index in [9.17, 15) is 5.11 Å². The summed E-state index contributed by atoms with van der Waals surface area (Å²) in [5.41, 5.74) is 3.86. The molecule has 1 N–H and O–H groups in total. The molecule has 0 aliphatic heterocycles. The lowest BCUT2D eigenvalue weighted by Crippen LogP contribution is -2.05. The molecule has 3 nitrogen and oxygen atoms in total. The van der Waals surface area contributed by atoms with Gasteiger partial charge in [-0.15, -0.1) is 0 Å². The topological polar surface area (TPSA) is 46.0 Å². The SMILES string of the molecule is Cc1ccnc(C(O)Cc2ccnc3ccccc23)c1. The van der Waals surface area contributed by atoms with Crippen molar-refractivity contribution in [2.45, 2.75) is 19.4 Å². The zero-order chi connectivity index (χ0) is 13.9. The van der Waals surface area contributed by atoms with Crippen LogP contribution in [-0.4, -0.2) is 15.1 Å². The minimum Gasteiger partial charge on any atom is -0.386 e. The van der Waals surface area contributed by atoms with Crippen molar-refractivity contribution in [3.63, 3.8) is 0 Å². The fraction of sp³-hybridized carbons (Fsp3) is 0.176. The predicted molar refractivity (Wildman–Crippen MR) is 79.4 cm³/mol. The van der Waals surface area contributed by atoms with Crippen LogP contribution in [0.25, 0.3) is 10.9 Å². The number of aliphatic hydroxyl groups excluding tert-OH is 1. The molecular formula is C17H16N2O. The van der Waals surface area contributed by atoms with E-state index in [1.807, 2.05) is 49.4 Å². The normalized spacial score (nSPS) is 12.5. The Morgan fingerprint density at radius 2 is 1.85 bits per heavy atom. The summed E-state index contributed by atoms with van der Waals surface area (Å²) in [4.78, 5) is 8.59. The number of hydrogen-bond donors (Lipinski definition) is 1. The number of aliphatic hydroxyl groups is 1. The van der Waals surface area contributed by atoms with Gasteiger partial charge in [-0.05, 0) is 42.3 Å². The van der Waals surface area contributed by atoms with Crippen molar-refractivity contribution >= 4 is 10.9 Å². The number of para-hydroxylation sites is 1. The molecule has 3 heteroatoms. The van der Waals surface area contributed by atoms with Gasteiger partial charge in [-0.1, -0.05) is 18.2 Å². The van der Waals surface area contributed by atoms with Crippen molar-refractivity contribution in [2.75, 3.05) is 0 Å². The van der Waals surface area contributed by atoms with Gasteiger partial charge < -0.3 is 5.11 Å². The number of hydrogen-bond acceptors (Lipinski definition) is 3. The minimum absolute atomic E-state index is 0.541. The third kappa shape index (κ3) is 2.53. The first kappa shape index (κ1) is 12.8. The van der Waals surface area contributed by atoms with Crippen LogP contribution in [0.3, 0.4) is 0 Å². The number of aromatic nitrogens is 2. The first-order chi connectivity index (χ1) is 9.74. The first-order valence-electron chi connectivity index (χ1n) is 6.67. The van der Waals surface area contributed by atoms with Crippen LogP contribution < -0.4 is 0 Å². The molecule has 0 aliphatic carbocycles. The van der Waals surface area contributed by atoms with Crippen LogP contribution in [0, 0.1) is 6.92 Å². The molecule has 1 unspecified atom stereocenters. The maximum Gasteiger partial charge on any atom is 0.1000 e. The Balaban J connectivity index is 1.93. The van der Waals surface area contributed by atoms with E-state index in [1.54, 1.807) is 12.4 Å². The van der Waals surface area contributed by atoms with Gasteiger partial charge in [0.15, 0.2) is 0 Å². The molecule has 0 saturated carbocycles. The monoisotopic (exact) mass is 264 g/mol. The molecule has 2 aromatic heterocycles. The Morgan fingerprint density at radius 3 is 2.70 bits per heavy atom. The van der Waals surface area contributed by atoms with Crippen LogP contribution in [0.2, 0.25) is 0 Å². The van der Waals surface area contributed by atoms with Gasteiger partial charge in [0.25, 0.3) is 0 Å². The number of fused-ring (bicyclic) bond motifs is 1. The number of nitrogens with zero attached hydrogens (tertiary/aromatic N) is 2. The highest BCUT2D eigenvalue weighted by Gasteiger charge is 2.12. The van der Waals surface area contributed by atoms with Crippen molar-refractivity contribution in [2.24, 2.45) is 0 Å². The van der Waals surface area contributed by atoms with Gasteiger partial charge in [0.05, 0.1) is 17.3 Å². The lowest BCUT2D eigenvalue weighted by molar-refractivity contribution is 0.174. The summed E-state index contributed by atoms with van der Waals surface area (Å²) in [6, 6.07) is 13.8. The van der Waals surface area contributed by atoms with Crippen molar-refractivity contribution in [1.29, 1.82) is 0 Å². The van der Waals surface area contributed by atoms with Crippen molar-refractivity contribution in [1.82, 2.24) is 9.97 Å². The molecule has 1 atom stereocenters. The van der Waals surface area contributed by atoms with E-state index in [-0.39, 0.29) is 0 Å². The Labute approximate surface area is 117 Å². The van der Waals surface area contributed by atoms with Crippen LogP contribution in [0.15, 0.2) is 54.9 Å². The number of rotatable bonds is 3. The maximum absolute atomic E-state index is 10.4. The molecule has 2 heterocycles. The van der Waals surface area contributed by atoms with E-state index in [1.165, 1.54) is 0 Å². The van der Waals surface area contributed by atoms with E-state index < -0.39 is 6.10 Å². The molecule has 1 aromatic carbocycles.